The summed E-state index contributed by atoms with van der Waals surface area (Å²) in [7, 11) is 0. The summed E-state index contributed by atoms with van der Waals surface area (Å²) in [4.78, 5) is 10.7. The Hall–Kier alpha value is -5.80. The summed E-state index contributed by atoms with van der Waals surface area (Å²) in [6.45, 7) is 0. The van der Waals surface area contributed by atoms with Crippen LogP contribution < -0.4 is 0 Å². The van der Waals surface area contributed by atoms with Crippen molar-refractivity contribution >= 4 is 54.5 Å². The van der Waals surface area contributed by atoms with E-state index in [0.717, 1.165) is 66.3 Å². The first-order valence-corrected chi connectivity index (χ1v) is 14.5. The molecule has 3 heteroatoms. The number of aromatic nitrogens is 2. The second kappa shape index (κ2) is 9.37. The predicted octanol–water partition coefficient (Wildman–Crippen LogP) is 10.8. The van der Waals surface area contributed by atoms with Crippen LogP contribution in [0, 0.1) is 0 Å². The Kier molecular flexibility index (Phi) is 5.20. The lowest BCUT2D eigenvalue weighted by atomic mass is 9.96. The van der Waals surface area contributed by atoms with Crippen molar-refractivity contribution in [2.75, 3.05) is 0 Å². The zero-order chi connectivity index (χ0) is 28.3. The summed E-state index contributed by atoms with van der Waals surface area (Å²) in [5.74, 6) is 0. The van der Waals surface area contributed by atoms with E-state index in [1.165, 1.54) is 21.9 Å². The fraction of sp³-hybridized carbons (Fsp3) is 0. The van der Waals surface area contributed by atoms with Gasteiger partial charge in [-0.15, -0.1) is 0 Å². The minimum Gasteiger partial charge on any atom is -0.456 e. The van der Waals surface area contributed by atoms with Gasteiger partial charge < -0.3 is 4.42 Å². The minimum absolute atomic E-state index is 0.844. The van der Waals surface area contributed by atoms with E-state index >= 15 is 0 Å². The highest BCUT2D eigenvalue weighted by atomic mass is 16.3. The average molecular weight is 549 g/mol. The highest BCUT2D eigenvalue weighted by molar-refractivity contribution is 6.14. The summed E-state index contributed by atoms with van der Waals surface area (Å²) in [5, 5.41) is 6.85. The van der Waals surface area contributed by atoms with Crippen molar-refractivity contribution in [3.05, 3.63) is 146 Å². The van der Waals surface area contributed by atoms with Crippen LogP contribution in [0.3, 0.4) is 0 Å². The molecule has 0 radical (unpaired) electrons. The number of benzene rings is 7. The number of hydrogen-bond donors (Lipinski definition) is 0. The zero-order valence-corrected chi connectivity index (χ0v) is 23.2. The Bertz CT molecular complexity index is 2510. The van der Waals surface area contributed by atoms with Crippen molar-refractivity contribution in [2.45, 2.75) is 0 Å². The van der Waals surface area contributed by atoms with E-state index in [2.05, 4.69) is 121 Å². The fourth-order valence-electron chi connectivity index (χ4n) is 6.34. The summed E-state index contributed by atoms with van der Waals surface area (Å²) in [5.41, 5.74) is 9.57. The quantitative estimate of drug-likeness (QED) is 0.206. The first-order chi connectivity index (χ1) is 21.3. The lowest BCUT2D eigenvalue weighted by Gasteiger charge is -2.13. The maximum absolute atomic E-state index is 6.26. The second-order valence-electron chi connectivity index (χ2n) is 11.0. The molecule has 0 spiro atoms. The summed E-state index contributed by atoms with van der Waals surface area (Å²) in [6.07, 6.45) is 0. The number of para-hydroxylation sites is 1. The monoisotopic (exact) mass is 548 g/mol. The van der Waals surface area contributed by atoms with E-state index in [1.807, 2.05) is 24.3 Å². The lowest BCUT2D eigenvalue weighted by molar-refractivity contribution is 0.669. The Morgan fingerprint density at radius 3 is 1.98 bits per heavy atom. The van der Waals surface area contributed by atoms with Gasteiger partial charge in [0.1, 0.15) is 11.2 Å². The molecular weight excluding hydrogens is 524 g/mol. The summed E-state index contributed by atoms with van der Waals surface area (Å²) in [6, 6.07) is 50.8. The van der Waals surface area contributed by atoms with Gasteiger partial charge in [0.15, 0.2) is 0 Å². The molecule has 0 aliphatic rings. The highest BCUT2D eigenvalue weighted by Crippen LogP contribution is 2.40. The SMILES string of the molecule is c1ccc2cc(-c3ccc(-c4nc5ccc6ccccc6c5nc4-c4cccc5oc6ccccc6c45)cc3)ccc2c1. The molecule has 0 unspecified atom stereocenters. The van der Waals surface area contributed by atoms with E-state index in [9.17, 15) is 0 Å². The van der Waals surface area contributed by atoms with Crippen LogP contribution in [0.2, 0.25) is 0 Å². The molecule has 2 heterocycles. The Morgan fingerprint density at radius 2 is 1.09 bits per heavy atom. The van der Waals surface area contributed by atoms with E-state index < -0.39 is 0 Å². The standard InChI is InChI=1S/C40H24N2O/c1-2-10-29-24-30(21-18-25(29)8-1)26-16-19-28(20-17-26)38-40(42-39-31-11-4-3-9-27(31)22-23-34(39)41-38)33-13-7-15-36-37(33)32-12-5-6-14-35(32)43-36/h1-24H. The van der Waals surface area contributed by atoms with Crippen LogP contribution in [0.25, 0.3) is 88.2 Å². The molecule has 43 heavy (non-hydrogen) atoms. The molecule has 0 bridgehead atoms. The minimum atomic E-state index is 0.844. The van der Waals surface area contributed by atoms with Crippen LogP contribution in [0.1, 0.15) is 0 Å². The first-order valence-electron chi connectivity index (χ1n) is 14.5. The summed E-state index contributed by atoms with van der Waals surface area (Å²) < 4.78 is 6.26. The van der Waals surface area contributed by atoms with Crippen LogP contribution in [-0.4, -0.2) is 9.97 Å². The molecule has 0 aliphatic heterocycles. The molecule has 2 aromatic heterocycles. The second-order valence-corrected chi connectivity index (χ2v) is 11.0. The molecule has 0 atom stereocenters. The van der Waals surface area contributed by atoms with Gasteiger partial charge in [0, 0.05) is 27.3 Å². The van der Waals surface area contributed by atoms with Crippen molar-refractivity contribution in [2.24, 2.45) is 0 Å². The van der Waals surface area contributed by atoms with Crippen LogP contribution in [-0.2, 0) is 0 Å². The number of hydrogen-bond acceptors (Lipinski definition) is 3. The average Bonchev–Trinajstić information content (AvgIpc) is 3.46. The van der Waals surface area contributed by atoms with Gasteiger partial charge in [-0.3, -0.25) is 0 Å². The van der Waals surface area contributed by atoms with Gasteiger partial charge in [-0.25, -0.2) is 9.97 Å². The molecule has 200 valence electrons. The molecule has 0 N–H and O–H groups in total. The molecule has 0 aliphatic carbocycles. The van der Waals surface area contributed by atoms with Gasteiger partial charge in [0.05, 0.1) is 22.4 Å². The number of rotatable bonds is 3. The van der Waals surface area contributed by atoms with Crippen molar-refractivity contribution in [1.82, 2.24) is 9.97 Å². The lowest BCUT2D eigenvalue weighted by Crippen LogP contribution is -1.97. The molecule has 9 rings (SSSR count). The van der Waals surface area contributed by atoms with Crippen LogP contribution in [0.4, 0.5) is 0 Å². The molecule has 7 aromatic carbocycles. The zero-order valence-electron chi connectivity index (χ0n) is 23.2. The van der Waals surface area contributed by atoms with Gasteiger partial charge in [0.25, 0.3) is 0 Å². The van der Waals surface area contributed by atoms with Crippen molar-refractivity contribution in [1.29, 1.82) is 0 Å². The number of nitrogens with zero attached hydrogens (tertiary/aromatic N) is 2. The molecule has 0 saturated carbocycles. The van der Waals surface area contributed by atoms with Gasteiger partial charge in [-0.1, -0.05) is 121 Å². The fourth-order valence-corrected chi connectivity index (χ4v) is 6.34. The third-order valence-corrected chi connectivity index (χ3v) is 8.46. The van der Waals surface area contributed by atoms with Crippen LogP contribution in [0.15, 0.2) is 150 Å². The van der Waals surface area contributed by atoms with Crippen molar-refractivity contribution in [3.63, 3.8) is 0 Å². The predicted molar refractivity (Wildman–Crippen MR) is 178 cm³/mol. The molecule has 3 nitrogen and oxygen atoms in total. The third-order valence-electron chi connectivity index (χ3n) is 8.46. The van der Waals surface area contributed by atoms with Gasteiger partial charge in [0.2, 0.25) is 0 Å². The maximum atomic E-state index is 6.26. The van der Waals surface area contributed by atoms with E-state index in [1.54, 1.807) is 0 Å². The molecule has 0 fully saturated rings. The number of fused-ring (bicyclic) bond motifs is 7. The van der Waals surface area contributed by atoms with Crippen molar-refractivity contribution < 1.29 is 4.42 Å². The van der Waals surface area contributed by atoms with Gasteiger partial charge in [-0.05, 0) is 51.6 Å². The Labute approximate surface area is 247 Å². The normalized spacial score (nSPS) is 11.7. The van der Waals surface area contributed by atoms with Crippen LogP contribution in [0.5, 0.6) is 0 Å². The van der Waals surface area contributed by atoms with Gasteiger partial charge >= 0.3 is 0 Å². The van der Waals surface area contributed by atoms with Crippen LogP contribution >= 0.6 is 0 Å². The molecule has 9 aromatic rings. The Morgan fingerprint density at radius 1 is 0.419 bits per heavy atom. The maximum Gasteiger partial charge on any atom is 0.136 e. The van der Waals surface area contributed by atoms with Crippen molar-refractivity contribution in [3.8, 4) is 33.6 Å². The number of furan rings is 1. The summed E-state index contributed by atoms with van der Waals surface area (Å²) >= 11 is 0. The third kappa shape index (κ3) is 3.83. The Balaban J connectivity index is 1.29. The molecule has 0 amide bonds. The molecule has 0 saturated heterocycles. The smallest absolute Gasteiger partial charge is 0.136 e. The topological polar surface area (TPSA) is 38.9 Å². The first kappa shape index (κ1) is 23.9. The van der Waals surface area contributed by atoms with Gasteiger partial charge in [-0.2, -0.15) is 0 Å². The van der Waals surface area contributed by atoms with E-state index in [-0.39, 0.29) is 0 Å². The molecular formula is C40H24N2O. The van der Waals surface area contributed by atoms with E-state index in [4.69, 9.17) is 14.4 Å². The largest absolute Gasteiger partial charge is 0.456 e. The highest BCUT2D eigenvalue weighted by Gasteiger charge is 2.19. The van der Waals surface area contributed by atoms with E-state index in [0.29, 0.717) is 0 Å².